The number of carbonyl (C=O) groups is 2. The van der Waals surface area contributed by atoms with Gasteiger partial charge in [0.1, 0.15) is 30.5 Å². The monoisotopic (exact) mass is 465 g/mol. The van der Waals surface area contributed by atoms with Crippen molar-refractivity contribution in [2.75, 3.05) is 30.5 Å². The average molecular weight is 465 g/mol. The van der Waals surface area contributed by atoms with E-state index in [1.165, 1.54) is 23.1 Å². The van der Waals surface area contributed by atoms with Gasteiger partial charge in [-0.2, -0.15) is 10.1 Å². The van der Waals surface area contributed by atoms with Gasteiger partial charge < -0.3 is 19.7 Å². The number of allylic oxidation sites excluding steroid dienone is 1. The molecule has 0 fully saturated rings. The molecule has 176 valence electrons. The molecule has 0 saturated carbocycles. The number of benzene rings is 2. The van der Waals surface area contributed by atoms with Gasteiger partial charge in [0, 0.05) is 11.4 Å². The third kappa shape index (κ3) is 4.47. The van der Waals surface area contributed by atoms with Crippen molar-refractivity contribution >= 4 is 23.5 Å². The normalized spacial score (nSPS) is 15.1. The molecule has 10 heteroatoms. The Labute approximate surface area is 195 Å². The van der Waals surface area contributed by atoms with Crippen molar-refractivity contribution < 1.29 is 23.5 Å². The lowest BCUT2D eigenvalue weighted by Gasteiger charge is -2.35. The molecule has 0 spiro atoms. The second-order valence-electron chi connectivity index (χ2n) is 7.54. The second-order valence-corrected chi connectivity index (χ2v) is 7.54. The SMILES string of the molecule is CCOC(=O)C1=C(C)N(CC(=O)Nc2ccc(OC)cc2)c2ncnn2C1c1ccc(F)cc1. The van der Waals surface area contributed by atoms with Crippen molar-refractivity contribution in [3.63, 3.8) is 0 Å². The largest absolute Gasteiger partial charge is 0.497 e. The fourth-order valence-electron chi connectivity index (χ4n) is 3.86. The zero-order valence-electron chi connectivity index (χ0n) is 19.0. The second kappa shape index (κ2) is 9.74. The minimum Gasteiger partial charge on any atom is -0.497 e. The summed E-state index contributed by atoms with van der Waals surface area (Å²) in [6, 6.07) is 12.1. The Morgan fingerprint density at radius 2 is 1.82 bits per heavy atom. The summed E-state index contributed by atoms with van der Waals surface area (Å²) in [5, 5.41) is 7.14. The lowest BCUT2D eigenvalue weighted by Crippen LogP contribution is -2.40. The molecule has 9 nitrogen and oxygen atoms in total. The Balaban J connectivity index is 1.69. The number of fused-ring (bicyclic) bond motifs is 1. The Hall–Kier alpha value is -4.21. The van der Waals surface area contributed by atoms with Gasteiger partial charge in [0.05, 0.1) is 19.3 Å². The molecule has 1 aliphatic rings. The Morgan fingerprint density at radius 3 is 2.47 bits per heavy atom. The first kappa shape index (κ1) is 23.0. The van der Waals surface area contributed by atoms with Crippen LogP contribution in [-0.4, -0.2) is 46.9 Å². The maximum absolute atomic E-state index is 13.6. The fraction of sp³-hybridized carbons (Fsp3) is 0.250. The van der Waals surface area contributed by atoms with Crippen molar-refractivity contribution in [3.8, 4) is 5.75 Å². The number of anilines is 2. The van der Waals surface area contributed by atoms with E-state index < -0.39 is 17.8 Å². The minimum atomic E-state index is -0.682. The topological polar surface area (TPSA) is 98.6 Å². The molecular formula is C24H24FN5O4. The van der Waals surface area contributed by atoms with Gasteiger partial charge in [-0.3, -0.25) is 4.79 Å². The molecule has 34 heavy (non-hydrogen) atoms. The number of rotatable bonds is 7. The number of hydrogen-bond acceptors (Lipinski definition) is 7. The first-order valence-electron chi connectivity index (χ1n) is 10.7. The number of amides is 1. The number of esters is 1. The van der Waals surface area contributed by atoms with Gasteiger partial charge in [-0.15, -0.1) is 0 Å². The maximum Gasteiger partial charge on any atom is 0.338 e. The molecule has 1 atom stereocenters. The summed E-state index contributed by atoms with van der Waals surface area (Å²) in [4.78, 5) is 31.8. The first-order valence-corrected chi connectivity index (χ1v) is 10.7. The van der Waals surface area contributed by atoms with Gasteiger partial charge >= 0.3 is 5.97 Å². The van der Waals surface area contributed by atoms with E-state index in [0.29, 0.717) is 34.2 Å². The van der Waals surface area contributed by atoms with Gasteiger partial charge in [0.2, 0.25) is 11.9 Å². The number of halogens is 1. The standard InChI is InChI=1S/C24H24FN5O4/c1-4-34-23(32)21-15(2)29(13-20(31)28-18-9-11-19(33-3)12-10-18)24-26-14-27-30(24)22(21)16-5-7-17(25)8-6-16/h5-12,14,22H,4,13H2,1-3H3,(H,28,31). The van der Waals surface area contributed by atoms with Crippen molar-refractivity contribution in [3.05, 3.63) is 77.5 Å². The third-order valence-electron chi connectivity index (χ3n) is 5.46. The molecule has 3 aromatic rings. The van der Waals surface area contributed by atoms with Gasteiger partial charge in [0.25, 0.3) is 0 Å². The van der Waals surface area contributed by atoms with Crippen LogP contribution in [-0.2, 0) is 14.3 Å². The van der Waals surface area contributed by atoms with Crippen molar-refractivity contribution in [2.24, 2.45) is 0 Å². The van der Waals surface area contributed by atoms with Gasteiger partial charge in [-0.05, 0) is 55.8 Å². The Bertz CT molecular complexity index is 1220. The summed E-state index contributed by atoms with van der Waals surface area (Å²) >= 11 is 0. The predicted octanol–water partition coefficient (Wildman–Crippen LogP) is 3.31. The molecular weight excluding hydrogens is 441 g/mol. The van der Waals surface area contributed by atoms with Crippen LogP contribution in [0, 0.1) is 5.82 Å². The number of hydrogen-bond donors (Lipinski definition) is 1. The van der Waals surface area contributed by atoms with Crippen LogP contribution in [0.15, 0.2) is 66.1 Å². The average Bonchev–Trinajstić information content (AvgIpc) is 3.31. The van der Waals surface area contributed by atoms with Crippen LogP contribution in [0.4, 0.5) is 16.0 Å². The summed E-state index contributed by atoms with van der Waals surface area (Å²) in [6.45, 7) is 3.50. The number of nitrogens with one attached hydrogen (secondary N) is 1. The van der Waals surface area contributed by atoms with Crippen LogP contribution in [0.25, 0.3) is 0 Å². The highest BCUT2D eigenvalue weighted by Gasteiger charge is 2.38. The summed E-state index contributed by atoms with van der Waals surface area (Å²) in [6.07, 6.45) is 1.35. The Kier molecular flexibility index (Phi) is 6.58. The van der Waals surface area contributed by atoms with E-state index >= 15 is 0 Å². The zero-order valence-corrected chi connectivity index (χ0v) is 19.0. The molecule has 4 rings (SSSR count). The van der Waals surface area contributed by atoms with Gasteiger partial charge in [0.15, 0.2) is 0 Å². The number of ether oxygens (including phenoxy) is 2. The highest BCUT2D eigenvalue weighted by Crippen LogP contribution is 2.38. The van der Waals surface area contributed by atoms with Crippen molar-refractivity contribution in [1.82, 2.24) is 14.8 Å². The van der Waals surface area contributed by atoms with Crippen molar-refractivity contribution in [2.45, 2.75) is 19.9 Å². The van der Waals surface area contributed by atoms with E-state index in [1.54, 1.807) is 62.3 Å². The van der Waals surface area contributed by atoms with Gasteiger partial charge in [-0.1, -0.05) is 12.1 Å². The van der Waals surface area contributed by atoms with Crippen LogP contribution in [0.3, 0.4) is 0 Å². The van der Waals surface area contributed by atoms with Gasteiger partial charge in [-0.25, -0.2) is 13.9 Å². The molecule has 0 saturated heterocycles. The van der Waals surface area contributed by atoms with E-state index in [2.05, 4.69) is 15.4 Å². The van der Waals surface area contributed by atoms with E-state index in [-0.39, 0.29) is 19.1 Å². The van der Waals surface area contributed by atoms with Crippen LogP contribution < -0.4 is 15.0 Å². The maximum atomic E-state index is 13.6. The van der Waals surface area contributed by atoms with E-state index in [0.717, 1.165) is 0 Å². The molecule has 2 heterocycles. The predicted molar refractivity (Wildman–Crippen MR) is 123 cm³/mol. The zero-order chi connectivity index (χ0) is 24.2. The quantitative estimate of drug-likeness (QED) is 0.535. The number of methoxy groups -OCH3 is 1. The smallest absolute Gasteiger partial charge is 0.338 e. The van der Waals surface area contributed by atoms with Crippen LogP contribution in [0.2, 0.25) is 0 Å². The summed E-state index contributed by atoms with van der Waals surface area (Å²) < 4.78 is 25.6. The van der Waals surface area contributed by atoms with Crippen molar-refractivity contribution in [1.29, 1.82) is 0 Å². The summed E-state index contributed by atoms with van der Waals surface area (Å²) in [5.41, 5.74) is 2.03. The van der Waals surface area contributed by atoms with Crippen LogP contribution >= 0.6 is 0 Å². The molecule has 2 aromatic carbocycles. The number of nitrogens with zero attached hydrogens (tertiary/aromatic N) is 4. The minimum absolute atomic E-state index is 0.115. The molecule has 1 N–H and O–H groups in total. The molecule has 1 aromatic heterocycles. The lowest BCUT2D eigenvalue weighted by molar-refractivity contribution is -0.139. The highest BCUT2D eigenvalue weighted by molar-refractivity contribution is 5.96. The highest BCUT2D eigenvalue weighted by atomic mass is 19.1. The third-order valence-corrected chi connectivity index (χ3v) is 5.46. The van der Waals surface area contributed by atoms with Crippen LogP contribution in [0.5, 0.6) is 5.75 Å². The molecule has 0 bridgehead atoms. The molecule has 0 aliphatic carbocycles. The number of carbonyl (C=O) groups excluding carboxylic acids is 2. The van der Waals surface area contributed by atoms with E-state index in [1.807, 2.05) is 0 Å². The van der Waals surface area contributed by atoms with E-state index in [4.69, 9.17) is 9.47 Å². The summed E-state index contributed by atoms with van der Waals surface area (Å²) in [5.74, 6) is -0.205. The lowest BCUT2D eigenvalue weighted by atomic mass is 9.95. The molecule has 1 unspecified atom stereocenters. The Morgan fingerprint density at radius 1 is 1.12 bits per heavy atom. The molecule has 1 aliphatic heterocycles. The molecule has 1 amide bonds. The number of aromatic nitrogens is 3. The fourth-order valence-corrected chi connectivity index (χ4v) is 3.86. The molecule has 0 radical (unpaired) electrons. The summed E-state index contributed by atoms with van der Waals surface area (Å²) in [7, 11) is 1.57. The first-order chi connectivity index (χ1) is 16.4. The van der Waals surface area contributed by atoms with Crippen LogP contribution in [0.1, 0.15) is 25.5 Å². The van der Waals surface area contributed by atoms with E-state index in [9.17, 15) is 14.0 Å².